The molecule has 192 valence electrons. The van der Waals surface area contributed by atoms with E-state index in [0.717, 1.165) is 32.8 Å². The summed E-state index contributed by atoms with van der Waals surface area (Å²) in [6.07, 6.45) is 1.49. The second-order valence-electron chi connectivity index (χ2n) is 10.2. The van der Waals surface area contributed by atoms with Crippen LogP contribution in [0.3, 0.4) is 0 Å². The molecule has 2 amide bonds. The van der Waals surface area contributed by atoms with Crippen molar-refractivity contribution in [1.29, 1.82) is 0 Å². The minimum Gasteiger partial charge on any atom is -0.350 e. The quantitative estimate of drug-likeness (QED) is 0.560. The number of benzene rings is 2. The smallest absolute Gasteiger partial charge is 0.244 e. The molecule has 0 aliphatic rings. The van der Waals surface area contributed by atoms with Gasteiger partial charge in [0, 0.05) is 12.1 Å². The first-order valence-electron chi connectivity index (χ1n) is 11.8. The molecule has 0 radical (unpaired) electrons. The largest absolute Gasteiger partial charge is 0.350 e. The molecule has 0 aliphatic heterocycles. The number of para-hydroxylation sites is 1. The van der Waals surface area contributed by atoms with Gasteiger partial charge < -0.3 is 10.2 Å². The summed E-state index contributed by atoms with van der Waals surface area (Å²) < 4.78 is 26.8. The zero-order chi connectivity index (χ0) is 26.6. The summed E-state index contributed by atoms with van der Waals surface area (Å²) >= 11 is 0. The van der Waals surface area contributed by atoms with Crippen LogP contribution in [0.15, 0.2) is 42.5 Å². The van der Waals surface area contributed by atoms with Crippen LogP contribution >= 0.6 is 0 Å². The molecule has 0 heterocycles. The van der Waals surface area contributed by atoms with Gasteiger partial charge in [0.25, 0.3) is 0 Å². The second kappa shape index (κ2) is 11.2. The van der Waals surface area contributed by atoms with Crippen LogP contribution in [-0.2, 0) is 26.2 Å². The average Bonchev–Trinajstić information content (AvgIpc) is 2.72. The summed E-state index contributed by atoms with van der Waals surface area (Å²) in [6.45, 7) is 12.9. The van der Waals surface area contributed by atoms with Gasteiger partial charge in [-0.2, -0.15) is 0 Å². The van der Waals surface area contributed by atoms with Crippen molar-refractivity contribution in [2.75, 3.05) is 17.1 Å². The Labute approximate surface area is 210 Å². The highest BCUT2D eigenvalue weighted by Gasteiger charge is 2.33. The summed E-state index contributed by atoms with van der Waals surface area (Å²) in [6, 6.07) is 12.5. The number of sulfonamides is 1. The number of hydrogen-bond acceptors (Lipinski definition) is 4. The Morgan fingerprint density at radius 3 is 1.97 bits per heavy atom. The molecule has 1 atom stereocenters. The molecule has 0 aromatic heterocycles. The monoisotopic (exact) mass is 501 g/mol. The highest BCUT2D eigenvalue weighted by molar-refractivity contribution is 7.92. The number of carbonyl (C=O) groups excluding carboxylic acids is 2. The Morgan fingerprint density at radius 1 is 0.971 bits per heavy atom. The van der Waals surface area contributed by atoms with E-state index < -0.39 is 34.1 Å². The van der Waals surface area contributed by atoms with Crippen LogP contribution in [0.4, 0.5) is 5.69 Å². The number of nitrogens with zero attached hydrogens (tertiary/aromatic N) is 2. The lowest BCUT2D eigenvalue weighted by molar-refractivity contribution is -0.141. The normalized spacial score (nSPS) is 12.7. The third-order valence-electron chi connectivity index (χ3n) is 5.73. The van der Waals surface area contributed by atoms with Crippen molar-refractivity contribution in [3.8, 4) is 0 Å². The van der Waals surface area contributed by atoms with E-state index in [2.05, 4.69) is 5.32 Å². The second-order valence-corrected chi connectivity index (χ2v) is 12.1. The number of amides is 2. The van der Waals surface area contributed by atoms with Crippen LogP contribution in [0.5, 0.6) is 0 Å². The molecule has 0 spiro atoms. The summed E-state index contributed by atoms with van der Waals surface area (Å²) in [5, 5.41) is 2.97. The van der Waals surface area contributed by atoms with Crippen LogP contribution in [0.2, 0.25) is 0 Å². The molecule has 7 nitrogen and oxygen atoms in total. The Hall–Kier alpha value is -2.87. The van der Waals surface area contributed by atoms with Crippen molar-refractivity contribution in [3.63, 3.8) is 0 Å². The zero-order valence-electron chi connectivity index (χ0n) is 22.2. The van der Waals surface area contributed by atoms with E-state index in [1.165, 1.54) is 4.90 Å². The fourth-order valence-corrected chi connectivity index (χ4v) is 5.00. The highest BCUT2D eigenvalue weighted by Crippen LogP contribution is 2.27. The molecular weight excluding hydrogens is 462 g/mol. The molecule has 8 heteroatoms. The standard InChI is InChI=1S/C27H39N3O4S/c1-9-23(26(32)28-27(5,6)7)29(17-22-15-13-19(2)14-16-22)24(31)18-30(35(8,33)34)25-20(3)11-10-12-21(25)4/h10-16,23H,9,17-18H2,1-8H3,(H,28,32)/t23-/m1/s1. The predicted molar refractivity (Wildman–Crippen MR) is 142 cm³/mol. The van der Waals surface area contributed by atoms with Gasteiger partial charge in [0.2, 0.25) is 21.8 Å². The van der Waals surface area contributed by atoms with E-state index >= 15 is 0 Å². The van der Waals surface area contributed by atoms with Gasteiger partial charge in [-0.1, -0.05) is 55.0 Å². The van der Waals surface area contributed by atoms with E-state index in [4.69, 9.17) is 0 Å². The van der Waals surface area contributed by atoms with Crippen LogP contribution < -0.4 is 9.62 Å². The minimum absolute atomic E-state index is 0.194. The SMILES string of the molecule is CC[C@H](C(=O)NC(C)(C)C)N(Cc1ccc(C)cc1)C(=O)CN(c1c(C)cccc1C)S(C)(=O)=O. The van der Waals surface area contributed by atoms with Crippen molar-refractivity contribution < 1.29 is 18.0 Å². The van der Waals surface area contributed by atoms with Crippen molar-refractivity contribution in [2.45, 2.75) is 73.0 Å². The van der Waals surface area contributed by atoms with Crippen molar-refractivity contribution >= 4 is 27.5 Å². The van der Waals surface area contributed by atoms with E-state index in [1.54, 1.807) is 0 Å². The molecule has 0 unspecified atom stereocenters. The number of aryl methyl sites for hydroxylation is 3. The van der Waals surface area contributed by atoms with Gasteiger partial charge in [-0.05, 0) is 64.7 Å². The van der Waals surface area contributed by atoms with Gasteiger partial charge in [-0.25, -0.2) is 8.42 Å². The first kappa shape index (κ1) is 28.4. The lowest BCUT2D eigenvalue weighted by Gasteiger charge is -2.35. The molecule has 2 rings (SSSR count). The lowest BCUT2D eigenvalue weighted by atomic mass is 10.0. The Morgan fingerprint density at radius 2 is 1.51 bits per heavy atom. The number of nitrogens with one attached hydrogen (secondary N) is 1. The van der Waals surface area contributed by atoms with Gasteiger partial charge in [0.05, 0.1) is 11.9 Å². The van der Waals surface area contributed by atoms with Gasteiger partial charge in [0.1, 0.15) is 12.6 Å². The molecular formula is C27H39N3O4S. The number of anilines is 1. The van der Waals surface area contributed by atoms with Crippen LogP contribution in [0.25, 0.3) is 0 Å². The molecule has 0 saturated carbocycles. The third-order valence-corrected chi connectivity index (χ3v) is 6.84. The summed E-state index contributed by atoms with van der Waals surface area (Å²) in [7, 11) is -3.77. The molecule has 2 aromatic carbocycles. The molecule has 0 aliphatic carbocycles. The first-order chi connectivity index (χ1) is 16.1. The van der Waals surface area contributed by atoms with Crippen molar-refractivity contribution in [1.82, 2.24) is 10.2 Å². The van der Waals surface area contributed by atoms with Gasteiger partial charge in [-0.15, -0.1) is 0 Å². The summed E-state index contributed by atoms with van der Waals surface area (Å²) in [4.78, 5) is 28.5. The van der Waals surface area contributed by atoms with Crippen LogP contribution in [0.1, 0.15) is 56.4 Å². The molecule has 0 bridgehead atoms. The van der Waals surface area contributed by atoms with E-state index in [9.17, 15) is 18.0 Å². The number of carbonyl (C=O) groups is 2. The van der Waals surface area contributed by atoms with Crippen molar-refractivity contribution in [2.24, 2.45) is 0 Å². The van der Waals surface area contributed by atoms with E-state index in [-0.39, 0.29) is 12.5 Å². The lowest BCUT2D eigenvalue weighted by Crippen LogP contribution is -2.55. The predicted octanol–water partition coefficient (Wildman–Crippen LogP) is 4.10. The van der Waals surface area contributed by atoms with Gasteiger partial charge in [-0.3, -0.25) is 13.9 Å². The molecule has 0 saturated heterocycles. The number of hydrogen-bond donors (Lipinski definition) is 1. The molecule has 2 aromatic rings. The molecule has 0 fully saturated rings. The Kier molecular flexibility index (Phi) is 9.11. The zero-order valence-corrected chi connectivity index (χ0v) is 23.0. The highest BCUT2D eigenvalue weighted by atomic mass is 32.2. The molecule has 35 heavy (non-hydrogen) atoms. The fourth-order valence-electron chi connectivity index (χ4n) is 4.04. The minimum atomic E-state index is -3.77. The summed E-state index contributed by atoms with van der Waals surface area (Å²) in [5.41, 5.74) is 3.48. The maximum atomic E-state index is 13.8. The Bertz CT molecular complexity index is 1130. The van der Waals surface area contributed by atoms with Crippen molar-refractivity contribution in [3.05, 3.63) is 64.7 Å². The third kappa shape index (κ3) is 7.82. The maximum Gasteiger partial charge on any atom is 0.244 e. The topological polar surface area (TPSA) is 86.8 Å². The van der Waals surface area contributed by atoms with Gasteiger partial charge >= 0.3 is 0 Å². The summed E-state index contributed by atoms with van der Waals surface area (Å²) in [5.74, 6) is -0.701. The average molecular weight is 502 g/mol. The van der Waals surface area contributed by atoms with E-state index in [1.807, 2.05) is 90.9 Å². The first-order valence-corrected chi connectivity index (χ1v) is 13.7. The van der Waals surface area contributed by atoms with E-state index in [0.29, 0.717) is 12.1 Å². The maximum absolute atomic E-state index is 13.8. The number of rotatable bonds is 9. The van der Waals surface area contributed by atoms with Gasteiger partial charge in [0.15, 0.2) is 0 Å². The fraction of sp³-hybridized carbons (Fsp3) is 0.481. The molecule has 1 N–H and O–H groups in total. The van der Waals surface area contributed by atoms with Crippen LogP contribution in [0, 0.1) is 20.8 Å². The van der Waals surface area contributed by atoms with Crippen LogP contribution in [-0.4, -0.2) is 49.5 Å². The Balaban J connectivity index is 2.51.